The number of benzene rings is 1. The molecule has 0 saturated heterocycles. The summed E-state index contributed by atoms with van der Waals surface area (Å²) in [4.78, 5) is 13.9. The monoisotopic (exact) mass is 311 g/mol. The van der Waals surface area contributed by atoms with E-state index < -0.39 is 5.97 Å². The fourth-order valence-electron chi connectivity index (χ4n) is 2.28. The number of carbonyl (C=O) groups is 1. The van der Waals surface area contributed by atoms with Crippen molar-refractivity contribution in [3.8, 4) is 5.75 Å². The number of hydrogen-bond donors (Lipinski definition) is 1. The molecule has 0 bridgehead atoms. The van der Waals surface area contributed by atoms with Gasteiger partial charge >= 0.3 is 5.97 Å². The molecule has 0 spiro atoms. The highest BCUT2D eigenvalue weighted by Gasteiger charge is 2.24. The van der Waals surface area contributed by atoms with Crippen molar-refractivity contribution < 1.29 is 19.1 Å². The number of phenolic OH excluding ortho intramolecular Hbond substituents is 1. The highest BCUT2D eigenvalue weighted by atomic mass is 35.5. The van der Waals surface area contributed by atoms with Crippen molar-refractivity contribution in [3.05, 3.63) is 28.0 Å². The molecule has 0 aliphatic carbocycles. The molecule has 1 N–H and O–H groups in total. The minimum absolute atomic E-state index is 0.0378. The summed E-state index contributed by atoms with van der Waals surface area (Å²) in [5.41, 5.74) is 1.38. The van der Waals surface area contributed by atoms with Crippen LogP contribution in [0, 0.1) is 6.92 Å². The van der Waals surface area contributed by atoms with E-state index in [1.807, 2.05) is 19.0 Å². The van der Waals surface area contributed by atoms with Crippen molar-refractivity contribution in [2.45, 2.75) is 20.4 Å². The minimum Gasteiger partial charge on any atom is -0.506 e. The van der Waals surface area contributed by atoms with Crippen molar-refractivity contribution in [1.29, 1.82) is 0 Å². The molecule has 114 valence electrons. The van der Waals surface area contributed by atoms with Gasteiger partial charge in [0, 0.05) is 12.1 Å². The Morgan fingerprint density at radius 2 is 2.14 bits per heavy atom. The molecule has 2 aromatic rings. The van der Waals surface area contributed by atoms with E-state index in [9.17, 15) is 9.90 Å². The summed E-state index contributed by atoms with van der Waals surface area (Å²) in [5, 5.41) is 10.7. The van der Waals surface area contributed by atoms with Crippen LogP contribution in [0.3, 0.4) is 0 Å². The maximum Gasteiger partial charge on any atom is 0.342 e. The van der Waals surface area contributed by atoms with Gasteiger partial charge in [0.25, 0.3) is 0 Å². The van der Waals surface area contributed by atoms with E-state index in [1.165, 1.54) is 0 Å². The summed E-state index contributed by atoms with van der Waals surface area (Å²) < 4.78 is 10.6. The van der Waals surface area contributed by atoms with E-state index in [4.69, 9.17) is 20.8 Å². The summed E-state index contributed by atoms with van der Waals surface area (Å²) in [6, 6.07) is 1.70. The molecule has 0 atom stereocenters. The topological polar surface area (TPSA) is 62.9 Å². The molecule has 2 rings (SSSR count). The summed E-state index contributed by atoms with van der Waals surface area (Å²) >= 11 is 6.24. The number of phenols is 1. The number of ether oxygens (including phenoxy) is 1. The van der Waals surface area contributed by atoms with Crippen molar-refractivity contribution in [3.63, 3.8) is 0 Å². The van der Waals surface area contributed by atoms with Crippen LogP contribution < -0.4 is 0 Å². The second-order valence-corrected chi connectivity index (χ2v) is 5.44. The Labute approximate surface area is 128 Å². The zero-order valence-corrected chi connectivity index (χ0v) is 13.2. The largest absolute Gasteiger partial charge is 0.506 e. The SMILES string of the molecule is CCOC(=O)c1c(C)oc2cc(CN(C)C)c(O)c(Cl)c12. The van der Waals surface area contributed by atoms with Crippen LogP contribution in [0.25, 0.3) is 11.0 Å². The van der Waals surface area contributed by atoms with E-state index in [-0.39, 0.29) is 22.9 Å². The first kappa shape index (κ1) is 15.7. The number of nitrogens with zero attached hydrogens (tertiary/aromatic N) is 1. The van der Waals surface area contributed by atoms with Crippen LogP contribution in [0.5, 0.6) is 5.75 Å². The van der Waals surface area contributed by atoms with Gasteiger partial charge in [-0.05, 0) is 34.0 Å². The van der Waals surface area contributed by atoms with E-state index in [0.29, 0.717) is 28.8 Å². The Bertz CT molecular complexity index is 691. The van der Waals surface area contributed by atoms with Gasteiger partial charge in [-0.1, -0.05) is 11.6 Å². The number of rotatable bonds is 4. The van der Waals surface area contributed by atoms with Crippen LogP contribution in [0.15, 0.2) is 10.5 Å². The average molecular weight is 312 g/mol. The number of hydrogen-bond acceptors (Lipinski definition) is 5. The van der Waals surface area contributed by atoms with E-state index in [0.717, 1.165) is 0 Å². The molecule has 0 unspecified atom stereocenters. The molecule has 1 heterocycles. The minimum atomic E-state index is -0.504. The lowest BCUT2D eigenvalue weighted by atomic mass is 10.1. The first-order chi connectivity index (χ1) is 9.86. The fraction of sp³-hybridized carbons (Fsp3) is 0.400. The molecule has 0 aliphatic heterocycles. The van der Waals surface area contributed by atoms with E-state index in [1.54, 1.807) is 19.9 Å². The van der Waals surface area contributed by atoms with Gasteiger partial charge in [-0.3, -0.25) is 0 Å². The van der Waals surface area contributed by atoms with Crippen molar-refractivity contribution in [2.24, 2.45) is 0 Å². The Morgan fingerprint density at radius 3 is 2.71 bits per heavy atom. The Morgan fingerprint density at radius 1 is 1.48 bits per heavy atom. The molecule has 1 aromatic carbocycles. The first-order valence-electron chi connectivity index (χ1n) is 6.62. The normalized spacial score (nSPS) is 11.3. The van der Waals surface area contributed by atoms with E-state index >= 15 is 0 Å². The Balaban J connectivity index is 2.67. The maximum atomic E-state index is 12.0. The van der Waals surface area contributed by atoms with Gasteiger partial charge < -0.3 is 19.2 Å². The van der Waals surface area contributed by atoms with Gasteiger partial charge in [-0.2, -0.15) is 0 Å². The first-order valence-corrected chi connectivity index (χ1v) is 6.99. The van der Waals surface area contributed by atoms with Gasteiger partial charge in [0.1, 0.15) is 22.7 Å². The zero-order chi connectivity index (χ0) is 15.7. The van der Waals surface area contributed by atoms with Gasteiger partial charge in [-0.25, -0.2) is 4.79 Å². The summed E-state index contributed by atoms with van der Waals surface area (Å²) in [6.45, 7) is 4.16. The molecule has 5 nitrogen and oxygen atoms in total. The molecule has 0 aliphatic rings. The molecule has 1 aromatic heterocycles. The fourth-order valence-corrected chi connectivity index (χ4v) is 2.59. The lowest BCUT2D eigenvalue weighted by Crippen LogP contribution is -2.11. The lowest BCUT2D eigenvalue weighted by Gasteiger charge is -2.12. The lowest BCUT2D eigenvalue weighted by molar-refractivity contribution is 0.0526. The molecule has 21 heavy (non-hydrogen) atoms. The zero-order valence-electron chi connectivity index (χ0n) is 12.5. The van der Waals surface area contributed by atoms with Crippen LogP contribution in [-0.4, -0.2) is 36.7 Å². The predicted molar refractivity (Wildman–Crippen MR) is 81.0 cm³/mol. The average Bonchev–Trinajstić information content (AvgIpc) is 2.72. The maximum absolute atomic E-state index is 12.0. The smallest absolute Gasteiger partial charge is 0.342 e. The third-order valence-electron chi connectivity index (χ3n) is 3.11. The number of aryl methyl sites for hydroxylation is 1. The number of carbonyl (C=O) groups excluding carboxylic acids is 1. The highest BCUT2D eigenvalue weighted by Crippen LogP contribution is 2.40. The summed E-state index contributed by atoms with van der Waals surface area (Å²) in [5.74, 6) is -0.119. The van der Waals surface area contributed by atoms with Crippen molar-refractivity contribution >= 4 is 28.5 Å². The standard InChI is InChI=1S/C15H18ClNO4/c1-5-20-15(19)11-8(2)21-10-6-9(7-17(3)4)14(18)13(16)12(10)11/h6,18H,5,7H2,1-4H3. The second-order valence-electron chi connectivity index (χ2n) is 5.06. The molecule has 0 radical (unpaired) electrons. The van der Waals surface area contributed by atoms with Crippen molar-refractivity contribution in [1.82, 2.24) is 4.90 Å². The number of halogens is 1. The van der Waals surface area contributed by atoms with Crippen LogP contribution >= 0.6 is 11.6 Å². The third-order valence-corrected chi connectivity index (χ3v) is 3.48. The van der Waals surface area contributed by atoms with Crippen molar-refractivity contribution in [2.75, 3.05) is 20.7 Å². The second kappa shape index (κ2) is 5.95. The van der Waals surface area contributed by atoms with Gasteiger partial charge in [0.15, 0.2) is 0 Å². The molecule has 0 amide bonds. The molecule has 0 saturated carbocycles. The summed E-state index contributed by atoms with van der Waals surface area (Å²) in [6.07, 6.45) is 0. The van der Waals surface area contributed by atoms with Gasteiger partial charge in [0.2, 0.25) is 0 Å². The number of furan rings is 1. The quantitative estimate of drug-likeness (QED) is 0.877. The van der Waals surface area contributed by atoms with Crippen LogP contribution in [0.4, 0.5) is 0 Å². The Kier molecular flexibility index (Phi) is 4.44. The highest BCUT2D eigenvalue weighted by molar-refractivity contribution is 6.38. The number of aromatic hydroxyl groups is 1. The Hall–Kier alpha value is -1.72. The van der Waals surface area contributed by atoms with E-state index in [2.05, 4.69) is 0 Å². The molecular weight excluding hydrogens is 294 g/mol. The number of fused-ring (bicyclic) bond motifs is 1. The van der Waals surface area contributed by atoms with Gasteiger partial charge in [-0.15, -0.1) is 0 Å². The molecular formula is C15H18ClNO4. The molecule has 6 heteroatoms. The predicted octanol–water partition coefficient (Wildman–Crippen LogP) is 3.34. The van der Waals surface area contributed by atoms with Crippen LogP contribution in [0.1, 0.15) is 28.6 Å². The third kappa shape index (κ3) is 2.84. The summed E-state index contributed by atoms with van der Waals surface area (Å²) in [7, 11) is 3.77. The van der Waals surface area contributed by atoms with Crippen LogP contribution in [-0.2, 0) is 11.3 Å². The van der Waals surface area contributed by atoms with Crippen LogP contribution in [0.2, 0.25) is 5.02 Å². The van der Waals surface area contributed by atoms with Gasteiger partial charge in [0.05, 0.1) is 17.0 Å². The number of esters is 1. The molecule has 0 fully saturated rings.